The summed E-state index contributed by atoms with van der Waals surface area (Å²) >= 11 is 5.22. The molecule has 2 N–H and O–H groups in total. The maximum atomic E-state index is 12.4. The number of anilines is 1. The van der Waals surface area contributed by atoms with Crippen LogP contribution in [0.2, 0.25) is 0 Å². The Morgan fingerprint density at radius 1 is 1.04 bits per heavy atom. The lowest BCUT2D eigenvalue weighted by Crippen LogP contribution is -2.34. The number of methoxy groups -OCH3 is 2. The van der Waals surface area contributed by atoms with Gasteiger partial charge < -0.3 is 24.3 Å². The average molecular weight is 374 g/mol. The molecule has 1 heterocycles. The number of amides is 1. The second-order valence-electron chi connectivity index (χ2n) is 5.33. The third kappa shape index (κ3) is 3.97. The number of carbonyl (C=O) groups excluding carboxylic acids is 1. The van der Waals surface area contributed by atoms with Crippen LogP contribution in [0.4, 0.5) is 5.69 Å². The van der Waals surface area contributed by atoms with Crippen molar-refractivity contribution in [3.05, 3.63) is 42.0 Å². The summed E-state index contributed by atoms with van der Waals surface area (Å²) in [7, 11) is 3.11. The molecule has 0 unspecified atom stereocenters. The van der Waals surface area contributed by atoms with Crippen molar-refractivity contribution in [2.24, 2.45) is 0 Å². The summed E-state index contributed by atoms with van der Waals surface area (Å²) in [5.74, 6) is 2.00. The Hall–Kier alpha value is -3.00. The lowest BCUT2D eigenvalue weighted by Gasteiger charge is -2.19. The first-order valence-electron chi connectivity index (χ1n) is 7.84. The van der Waals surface area contributed by atoms with Gasteiger partial charge in [-0.2, -0.15) is 0 Å². The first-order valence-corrected chi connectivity index (χ1v) is 8.25. The van der Waals surface area contributed by atoms with Crippen molar-refractivity contribution in [1.29, 1.82) is 0 Å². The zero-order valence-corrected chi connectivity index (χ0v) is 15.1. The summed E-state index contributed by atoms with van der Waals surface area (Å²) < 4.78 is 21.4. The quantitative estimate of drug-likeness (QED) is 0.797. The van der Waals surface area contributed by atoms with Crippen molar-refractivity contribution < 1.29 is 23.7 Å². The molecular formula is C18H18N2O5S. The number of thiocarbonyl (C=S) groups is 1. The van der Waals surface area contributed by atoms with Crippen LogP contribution in [0.25, 0.3) is 0 Å². The summed E-state index contributed by atoms with van der Waals surface area (Å²) in [6.45, 7) is 0.950. The molecule has 3 rings (SSSR count). The predicted octanol–water partition coefficient (Wildman–Crippen LogP) is 2.60. The molecule has 0 fully saturated rings. The van der Waals surface area contributed by atoms with E-state index in [1.165, 1.54) is 7.11 Å². The molecule has 0 bridgehead atoms. The van der Waals surface area contributed by atoms with Gasteiger partial charge in [0.1, 0.15) is 24.7 Å². The Kier molecular flexibility index (Phi) is 5.43. The van der Waals surface area contributed by atoms with E-state index in [2.05, 4.69) is 10.6 Å². The van der Waals surface area contributed by atoms with Crippen molar-refractivity contribution in [1.82, 2.24) is 5.32 Å². The summed E-state index contributed by atoms with van der Waals surface area (Å²) in [5, 5.41) is 5.72. The fourth-order valence-electron chi connectivity index (χ4n) is 2.42. The molecule has 2 aromatic carbocycles. The highest BCUT2D eigenvalue weighted by molar-refractivity contribution is 7.80. The lowest BCUT2D eigenvalue weighted by atomic mass is 10.2. The Morgan fingerprint density at radius 3 is 2.54 bits per heavy atom. The van der Waals surface area contributed by atoms with E-state index in [4.69, 9.17) is 31.2 Å². The lowest BCUT2D eigenvalue weighted by molar-refractivity contribution is 0.0976. The Balaban J connectivity index is 1.67. The largest absolute Gasteiger partial charge is 0.497 e. The number of ether oxygens (including phenoxy) is 4. The first-order chi connectivity index (χ1) is 12.6. The van der Waals surface area contributed by atoms with Crippen LogP contribution in [0.1, 0.15) is 10.4 Å². The SMILES string of the molecule is COc1ccc(NC(=S)NC(=O)c2ccc3c(c2)OCCO3)c(OC)c1. The second-order valence-corrected chi connectivity index (χ2v) is 5.74. The minimum atomic E-state index is -0.355. The first kappa shape index (κ1) is 17.8. The second kappa shape index (κ2) is 7.92. The molecule has 0 saturated heterocycles. The van der Waals surface area contributed by atoms with E-state index in [0.29, 0.717) is 47.5 Å². The fourth-order valence-corrected chi connectivity index (χ4v) is 2.62. The highest BCUT2D eigenvalue weighted by Crippen LogP contribution is 2.31. The molecule has 136 valence electrons. The zero-order chi connectivity index (χ0) is 18.5. The van der Waals surface area contributed by atoms with E-state index in [9.17, 15) is 4.79 Å². The van der Waals surface area contributed by atoms with Gasteiger partial charge in [-0.25, -0.2) is 0 Å². The van der Waals surface area contributed by atoms with Gasteiger partial charge in [0.2, 0.25) is 0 Å². The van der Waals surface area contributed by atoms with Gasteiger partial charge >= 0.3 is 0 Å². The molecule has 1 aliphatic rings. The van der Waals surface area contributed by atoms with Crippen LogP contribution in [0, 0.1) is 0 Å². The molecule has 0 aromatic heterocycles. The van der Waals surface area contributed by atoms with Gasteiger partial charge in [0.15, 0.2) is 16.6 Å². The maximum absolute atomic E-state index is 12.4. The van der Waals surface area contributed by atoms with Crippen LogP contribution in [-0.2, 0) is 0 Å². The summed E-state index contributed by atoms with van der Waals surface area (Å²) in [5.41, 5.74) is 1.03. The molecule has 0 saturated carbocycles. The van der Waals surface area contributed by atoms with Gasteiger partial charge in [-0.15, -0.1) is 0 Å². The van der Waals surface area contributed by atoms with Crippen LogP contribution in [-0.4, -0.2) is 38.5 Å². The van der Waals surface area contributed by atoms with Crippen LogP contribution in [0.15, 0.2) is 36.4 Å². The molecule has 0 aliphatic carbocycles. The van der Waals surface area contributed by atoms with Gasteiger partial charge in [-0.05, 0) is 42.5 Å². The number of hydrogen-bond acceptors (Lipinski definition) is 6. The highest BCUT2D eigenvalue weighted by atomic mass is 32.1. The number of carbonyl (C=O) groups is 1. The molecule has 0 atom stereocenters. The average Bonchev–Trinajstić information content (AvgIpc) is 2.67. The summed E-state index contributed by atoms with van der Waals surface area (Å²) in [6, 6.07) is 10.2. The van der Waals surface area contributed by atoms with Crippen molar-refractivity contribution in [2.45, 2.75) is 0 Å². The van der Waals surface area contributed by atoms with Gasteiger partial charge in [-0.3, -0.25) is 10.1 Å². The molecule has 2 aromatic rings. The van der Waals surface area contributed by atoms with Crippen molar-refractivity contribution in [2.75, 3.05) is 32.8 Å². The minimum Gasteiger partial charge on any atom is -0.497 e. The molecule has 7 nitrogen and oxygen atoms in total. The van der Waals surface area contributed by atoms with Crippen molar-refractivity contribution in [3.8, 4) is 23.0 Å². The topological polar surface area (TPSA) is 78.1 Å². The molecule has 0 spiro atoms. The van der Waals surface area contributed by atoms with E-state index in [-0.39, 0.29) is 11.0 Å². The van der Waals surface area contributed by atoms with Crippen LogP contribution >= 0.6 is 12.2 Å². The molecule has 26 heavy (non-hydrogen) atoms. The number of fused-ring (bicyclic) bond motifs is 1. The smallest absolute Gasteiger partial charge is 0.257 e. The number of rotatable bonds is 4. The third-order valence-electron chi connectivity index (χ3n) is 3.69. The Labute approximate surface area is 156 Å². The van der Waals surface area contributed by atoms with Gasteiger partial charge in [0.05, 0.1) is 19.9 Å². The maximum Gasteiger partial charge on any atom is 0.257 e. The van der Waals surface area contributed by atoms with Crippen molar-refractivity contribution in [3.63, 3.8) is 0 Å². The van der Waals surface area contributed by atoms with Gasteiger partial charge in [0.25, 0.3) is 5.91 Å². The fraction of sp³-hybridized carbons (Fsp3) is 0.222. The number of benzene rings is 2. The minimum absolute atomic E-state index is 0.147. The summed E-state index contributed by atoms with van der Waals surface area (Å²) in [6.07, 6.45) is 0. The molecular weight excluding hydrogens is 356 g/mol. The molecule has 1 amide bonds. The monoisotopic (exact) mass is 374 g/mol. The van der Waals surface area contributed by atoms with E-state index in [0.717, 1.165) is 0 Å². The Morgan fingerprint density at radius 2 is 1.81 bits per heavy atom. The zero-order valence-electron chi connectivity index (χ0n) is 14.3. The third-order valence-corrected chi connectivity index (χ3v) is 3.89. The Bertz CT molecular complexity index is 840. The highest BCUT2D eigenvalue weighted by Gasteiger charge is 2.16. The van der Waals surface area contributed by atoms with Crippen LogP contribution in [0.5, 0.6) is 23.0 Å². The molecule has 1 aliphatic heterocycles. The molecule has 0 radical (unpaired) electrons. The van der Waals surface area contributed by atoms with E-state index < -0.39 is 0 Å². The van der Waals surface area contributed by atoms with E-state index >= 15 is 0 Å². The summed E-state index contributed by atoms with van der Waals surface area (Å²) in [4.78, 5) is 12.4. The van der Waals surface area contributed by atoms with Crippen LogP contribution < -0.4 is 29.6 Å². The number of nitrogens with one attached hydrogen (secondary N) is 2. The van der Waals surface area contributed by atoms with Gasteiger partial charge in [-0.1, -0.05) is 0 Å². The van der Waals surface area contributed by atoms with E-state index in [1.807, 2.05) is 0 Å². The van der Waals surface area contributed by atoms with Gasteiger partial charge in [0, 0.05) is 11.6 Å². The van der Waals surface area contributed by atoms with Crippen LogP contribution in [0.3, 0.4) is 0 Å². The molecule has 8 heteroatoms. The van der Waals surface area contributed by atoms with Crippen molar-refractivity contribution >= 4 is 28.9 Å². The number of hydrogen-bond donors (Lipinski definition) is 2. The standard InChI is InChI=1S/C18H18N2O5S/c1-22-12-4-5-13(15(10-12)23-2)19-18(26)20-17(21)11-3-6-14-16(9-11)25-8-7-24-14/h3-6,9-10H,7-8H2,1-2H3,(H2,19,20,21,26). The normalized spacial score (nSPS) is 12.1. The predicted molar refractivity (Wildman–Crippen MR) is 101 cm³/mol. The van der Waals surface area contributed by atoms with E-state index in [1.54, 1.807) is 43.5 Å².